The van der Waals surface area contributed by atoms with Crippen LogP contribution in [0.5, 0.6) is 5.75 Å². The third-order valence-corrected chi connectivity index (χ3v) is 7.93. The molecule has 0 spiro atoms. The summed E-state index contributed by atoms with van der Waals surface area (Å²) in [5.74, 6) is 2.61. The SMILES string of the molecule is CC1C=C(C2CCCC2)c2cccc3nc(-c4[c-]cccc4)n1c23.[Ir].[c-]1cccc2c1-c1ncccc1OC2. The largest absolute Gasteiger partial charge is 0.506 e. The number of para-hydroxylation sites is 1. The number of hydrogen-bond acceptors (Lipinski definition) is 3. The zero-order valence-electron chi connectivity index (χ0n) is 21.9. The first-order chi connectivity index (χ1) is 18.8. The summed E-state index contributed by atoms with van der Waals surface area (Å²) in [7, 11) is 0. The van der Waals surface area contributed by atoms with E-state index in [0.29, 0.717) is 12.6 Å². The van der Waals surface area contributed by atoms with E-state index in [1.54, 1.807) is 11.8 Å². The van der Waals surface area contributed by atoms with E-state index in [9.17, 15) is 0 Å². The third-order valence-electron chi connectivity index (χ3n) is 7.93. The standard InChI is InChI=1S/C22H21N2.C12H8NO.Ir/c1-15-14-19(16-8-5-6-9-16)18-12-7-13-20-21(18)24(15)22(23-20)17-10-3-2-4-11-17;1-2-5-10-9(4-1)8-14-11-6-3-7-13-12(10)11;/h2-4,7,10,12-16H,5-6,8-9H2,1H3;1-4,6-7H,8H2;/q2*-1;. The van der Waals surface area contributed by atoms with Crippen LogP contribution in [0.25, 0.3) is 39.3 Å². The second-order valence-corrected chi connectivity index (χ2v) is 10.3. The Morgan fingerprint density at radius 3 is 2.64 bits per heavy atom. The van der Waals surface area contributed by atoms with Crippen molar-refractivity contribution >= 4 is 16.6 Å². The predicted octanol–water partition coefficient (Wildman–Crippen LogP) is 8.09. The van der Waals surface area contributed by atoms with Crippen LogP contribution in [-0.4, -0.2) is 14.5 Å². The van der Waals surface area contributed by atoms with Gasteiger partial charge >= 0.3 is 0 Å². The van der Waals surface area contributed by atoms with Gasteiger partial charge in [-0.1, -0.05) is 36.6 Å². The van der Waals surface area contributed by atoms with Gasteiger partial charge in [0.25, 0.3) is 0 Å². The van der Waals surface area contributed by atoms with Gasteiger partial charge in [-0.05, 0) is 49.5 Å². The van der Waals surface area contributed by atoms with Crippen molar-refractivity contribution in [2.75, 3.05) is 0 Å². The van der Waals surface area contributed by atoms with E-state index in [-0.39, 0.29) is 20.1 Å². The molecule has 2 aromatic heterocycles. The number of rotatable bonds is 2. The molecule has 5 aromatic rings. The van der Waals surface area contributed by atoms with Crippen LogP contribution in [0.4, 0.5) is 0 Å². The van der Waals surface area contributed by atoms with E-state index in [1.807, 2.05) is 42.5 Å². The Bertz CT molecular complexity index is 1600. The van der Waals surface area contributed by atoms with Crippen LogP contribution in [-0.2, 0) is 26.7 Å². The first-order valence-corrected chi connectivity index (χ1v) is 13.6. The number of fused-ring (bicyclic) bond motifs is 3. The average Bonchev–Trinajstić information content (AvgIpc) is 3.65. The summed E-state index contributed by atoms with van der Waals surface area (Å²) in [6, 6.07) is 31.4. The summed E-state index contributed by atoms with van der Waals surface area (Å²) in [5.41, 5.74) is 9.55. The smallest absolute Gasteiger partial charge is 0.103 e. The zero-order chi connectivity index (χ0) is 25.5. The van der Waals surface area contributed by atoms with Crippen molar-refractivity contribution in [1.82, 2.24) is 14.5 Å². The van der Waals surface area contributed by atoms with Crippen LogP contribution in [0.15, 0.2) is 85.1 Å². The van der Waals surface area contributed by atoms with Crippen LogP contribution in [0, 0.1) is 18.1 Å². The Morgan fingerprint density at radius 2 is 1.79 bits per heavy atom. The van der Waals surface area contributed by atoms with E-state index >= 15 is 0 Å². The molecule has 3 aliphatic rings. The molecule has 1 fully saturated rings. The first kappa shape index (κ1) is 25.7. The molecule has 0 N–H and O–H groups in total. The molecule has 1 unspecified atom stereocenters. The third kappa shape index (κ3) is 4.64. The van der Waals surface area contributed by atoms with Crippen LogP contribution in [0.2, 0.25) is 0 Å². The minimum atomic E-state index is 0. The van der Waals surface area contributed by atoms with Crippen LogP contribution >= 0.6 is 0 Å². The zero-order valence-corrected chi connectivity index (χ0v) is 24.3. The Morgan fingerprint density at radius 1 is 0.923 bits per heavy atom. The van der Waals surface area contributed by atoms with Crippen molar-refractivity contribution in [2.24, 2.45) is 5.92 Å². The quantitative estimate of drug-likeness (QED) is 0.176. The molecular formula is C34H29IrN3O-2. The van der Waals surface area contributed by atoms with Gasteiger partial charge in [0.05, 0.1) is 23.5 Å². The molecule has 1 radical (unpaired) electrons. The molecule has 1 aliphatic carbocycles. The van der Waals surface area contributed by atoms with E-state index in [0.717, 1.165) is 45.4 Å². The Balaban J connectivity index is 0.000000158. The van der Waals surface area contributed by atoms with Crippen LogP contribution in [0.1, 0.15) is 49.8 Å². The van der Waals surface area contributed by atoms with E-state index < -0.39 is 0 Å². The molecule has 0 saturated heterocycles. The number of ether oxygens (including phenoxy) is 1. The van der Waals surface area contributed by atoms with Gasteiger partial charge in [-0.15, -0.1) is 65.7 Å². The predicted molar refractivity (Wildman–Crippen MR) is 151 cm³/mol. The summed E-state index contributed by atoms with van der Waals surface area (Å²) < 4.78 is 7.97. The summed E-state index contributed by atoms with van der Waals surface area (Å²) >= 11 is 0. The monoisotopic (exact) mass is 688 g/mol. The molecule has 39 heavy (non-hydrogen) atoms. The van der Waals surface area contributed by atoms with Gasteiger partial charge in [0.1, 0.15) is 5.75 Å². The minimum Gasteiger partial charge on any atom is -0.506 e. The molecule has 4 heterocycles. The maximum Gasteiger partial charge on any atom is 0.103 e. The topological polar surface area (TPSA) is 39.9 Å². The van der Waals surface area contributed by atoms with Gasteiger partial charge in [0, 0.05) is 43.6 Å². The Labute approximate surface area is 243 Å². The molecule has 1 saturated carbocycles. The number of allylic oxidation sites excluding steroid dienone is 2. The molecule has 197 valence electrons. The number of hydrogen-bond donors (Lipinski definition) is 0. The number of benzene rings is 3. The molecule has 4 nitrogen and oxygen atoms in total. The maximum atomic E-state index is 5.57. The van der Waals surface area contributed by atoms with Crippen LogP contribution < -0.4 is 4.74 Å². The van der Waals surface area contributed by atoms with Crippen molar-refractivity contribution in [3.8, 4) is 28.4 Å². The van der Waals surface area contributed by atoms with Gasteiger partial charge in [-0.3, -0.25) is 4.98 Å². The van der Waals surface area contributed by atoms with Crippen LogP contribution in [0.3, 0.4) is 0 Å². The number of imidazole rings is 1. The van der Waals surface area contributed by atoms with Gasteiger partial charge < -0.3 is 14.3 Å². The second kappa shape index (κ2) is 10.9. The Kier molecular flexibility index (Phi) is 7.20. The van der Waals surface area contributed by atoms with Crippen molar-refractivity contribution in [2.45, 2.75) is 45.3 Å². The molecule has 8 rings (SSSR count). The summed E-state index contributed by atoms with van der Waals surface area (Å²) in [5, 5.41) is 0. The van der Waals surface area contributed by atoms with Gasteiger partial charge in [-0.25, -0.2) is 0 Å². The molecule has 1 atom stereocenters. The van der Waals surface area contributed by atoms with Gasteiger partial charge in [0.2, 0.25) is 0 Å². The molecule has 5 heteroatoms. The molecular weight excluding hydrogens is 659 g/mol. The molecule has 0 bridgehead atoms. The fourth-order valence-electron chi connectivity index (χ4n) is 6.18. The minimum absolute atomic E-state index is 0. The summed E-state index contributed by atoms with van der Waals surface area (Å²) in [4.78, 5) is 9.27. The first-order valence-electron chi connectivity index (χ1n) is 13.6. The number of pyridine rings is 1. The van der Waals surface area contributed by atoms with Crippen molar-refractivity contribution in [1.29, 1.82) is 0 Å². The average molecular weight is 688 g/mol. The second-order valence-electron chi connectivity index (χ2n) is 10.3. The van der Waals surface area contributed by atoms with Crippen molar-refractivity contribution in [3.63, 3.8) is 0 Å². The van der Waals surface area contributed by atoms with E-state index in [4.69, 9.17) is 9.72 Å². The fourth-order valence-corrected chi connectivity index (χ4v) is 6.18. The van der Waals surface area contributed by atoms with E-state index in [1.165, 1.54) is 36.8 Å². The van der Waals surface area contributed by atoms with E-state index in [2.05, 4.69) is 65.0 Å². The number of aromatic nitrogens is 3. The van der Waals surface area contributed by atoms with Crippen molar-refractivity contribution in [3.05, 3.63) is 108 Å². The molecule has 0 amide bonds. The summed E-state index contributed by atoms with van der Waals surface area (Å²) in [6.07, 6.45) is 9.67. The maximum absolute atomic E-state index is 5.57. The van der Waals surface area contributed by atoms with Gasteiger partial charge in [-0.2, -0.15) is 0 Å². The number of nitrogens with zero attached hydrogens (tertiary/aromatic N) is 3. The normalized spacial score (nSPS) is 17.2. The fraction of sp³-hybridized carbons (Fsp3) is 0.235. The Hall–Kier alpha value is -3.53. The summed E-state index contributed by atoms with van der Waals surface area (Å²) in [6.45, 7) is 2.91. The van der Waals surface area contributed by atoms with Gasteiger partial charge in [0.15, 0.2) is 0 Å². The molecule has 2 aliphatic heterocycles. The molecule has 3 aromatic carbocycles. The van der Waals surface area contributed by atoms with Crippen molar-refractivity contribution < 1.29 is 24.8 Å².